The van der Waals surface area contributed by atoms with Crippen molar-refractivity contribution in [2.45, 2.75) is 26.1 Å². The van der Waals surface area contributed by atoms with Gasteiger partial charge in [0.15, 0.2) is 0 Å². The number of hydrogen-bond acceptors (Lipinski definition) is 6. The van der Waals surface area contributed by atoms with E-state index in [0.29, 0.717) is 23.2 Å². The molecule has 0 fully saturated rings. The van der Waals surface area contributed by atoms with E-state index >= 15 is 0 Å². The highest BCUT2D eigenvalue weighted by molar-refractivity contribution is 5.97. The lowest BCUT2D eigenvalue weighted by atomic mass is 10.1. The van der Waals surface area contributed by atoms with Gasteiger partial charge in [-0.05, 0) is 31.2 Å². The largest absolute Gasteiger partial charge is 0.495 e. The number of benzene rings is 2. The zero-order valence-electron chi connectivity index (χ0n) is 16.7. The Morgan fingerprint density at radius 1 is 1.10 bits per heavy atom. The van der Waals surface area contributed by atoms with Gasteiger partial charge in [-0.25, -0.2) is 0 Å². The molecule has 1 unspecified atom stereocenters. The van der Waals surface area contributed by atoms with E-state index in [-0.39, 0.29) is 5.91 Å². The first kappa shape index (κ1) is 23.4. The predicted octanol–water partition coefficient (Wildman–Crippen LogP) is 4.02. The van der Waals surface area contributed by atoms with Gasteiger partial charge in [0.2, 0.25) is 11.8 Å². The molecular formula is C19H19F3N4O5. The lowest BCUT2D eigenvalue weighted by Crippen LogP contribution is -2.32. The van der Waals surface area contributed by atoms with Gasteiger partial charge in [-0.3, -0.25) is 19.7 Å². The third-order valence-electron chi connectivity index (χ3n) is 4.06. The van der Waals surface area contributed by atoms with Gasteiger partial charge >= 0.3 is 6.18 Å². The summed E-state index contributed by atoms with van der Waals surface area (Å²) >= 11 is 0. The van der Waals surface area contributed by atoms with Crippen molar-refractivity contribution in [3.05, 3.63) is 52.1 Å². The van der Waals surface area contributed by atoms with Gasteiger partial charge < -0.3 is 20.7 Å². The summed E-state index contributed by atoms with van der Waals surface area (Å²) in [5.74, 6) is -0.814. The van der Waals surface area contributed by atoms with Crippen LogP contribution in [0.3, 0.4) is 0 Å². The van der Waals surface area contributed by atoms with E-state index in [1.54, 1.807) is 6.07 Å². The molecule has 0 saturated heterocycles. The molecule has 2 aromatic carbocycles. The van der Waals surface area contributed by atoms with Crippen molar-refractivity contribution in [2.75, 3.05) is 23.1 Å². The predicted molar refractivity (Wildman–Crippen MR) is 107 cm³/mol. The first-order valence-corrected chi connectivity index (χ1v) is 8.81. The molecule has 0 aliphatic heterocycles. The first-order valence-electron chi connectivity index (χ1n) is 8.81. The minimum atomic E-state index is -4.92. The number of nitro groups is 1. The highest BCUT2D eigenvalue weighted by atomic mass is 19.4. The summed E-state index contributed by atoms with van der Waals surface area (Å²) in [5, 5.41) is 18.3. The van der Waals surface area contributed by atoms with Gasteiger partial charge in [0.05, 0.1) is 29.0 Å². The Hall–Kier alpha value is -3.83. The fraction of sp³-hybridized carbons (Fsp3) is 0.263. The number of anilines is 3. The molecule has 0 aliphatic rings. The standard InChI is InChI=1S/C19H19F3N4O5/c1-10(23-16-8-12(24-11(2)27)4-7-17(16)31-3)18(28)25-15-6-5-13(26(29)30)9-14(15)19(20,21)22/h4-10,23H,1-3H3,(H,24,27)(H,25,28). The van der Waals surface area contributed by atoms with Crippen LogP contribution in [0.15, 0.2) is 36.4 Å². The molecule has 9 nitrogen and oxygen atoms in total. The maximum atomic E-state index is 13.3. The molecule has 2 amide bonds. The van der Waals surface area contributed by atoms with E-state index < -0.39 is 40.0 Å². The van der Waals surface area contributed by atoms with Crippen LogP contribution >= 0.6 is 0 Å². The molecule has 0 spiro atoms. The normalized spacial score (nSPS) is 11.9. The average molecular weight is 440 g/mol. The number of non-ortho nitro benzene ring substituents is 1. The summed E-state index contributed by atoms with van der Waals surface area (Å²) in [4.78, 5) is 33.5. The minimum Gasteiger partial charge on any atom is -0.495 e. The third-order valence-corrected chi connectivity index (χ3v) is 4.06. The minimum absolute atomic E-state index is 0.316. The fourth-order valence-corrected chi connectivity index (χ4v) is 2.63. The van der Waals surface area contributed by atoms with Gasteiger partial charge in [-0.1, -0.05) is 0 Å². The van der Waals surface area contributed by atoms with E-state index in [2.05, 4.69) is 16.0 Å². The summed E-state index contributed by atoms with van der Waals surface area (Å²) in [5.41, 5.74) is -1.98. The van der Waals surface area contributed by atoms with Crippen LogP contribution in [0.25, 0.3) is 0 Å². The number of methoxy groups -OCH3 is 1. The zero-order chi connectivity index (χ0) is 23.3. The van der Waals surface area contributed by atoms with E-state index in [4.69, 9.17) is 4.74 Å². The van der Waals surface area contributed by atoms with Crippen LogP contribution in [-0.2, 0) is 15.8 Å². The number of amides is 2. The first-order chi connectivity index (χ1) is 14.4. The number of rotatable bonds is 7. The number of nitrogens with one attached hydrogen (secondary N) is 3. The van der Waals surface area contributed by atoms with Gasteiger partial charge in [0.1, 0.15) is 11.8 Å². The number of nitro benzene ring substituents is 1. The Morgan fingerprint density at radius 3 is 2.32 bits per heavy atom. The van der Waals surface area contributed by atoms with Gasteiger partial charge in [-0.2, -0.15) is 13.2 Å². The molecule has 12 heteroatoms. The zero-order valence-corrected chi connectivity index (χ0v) is 16.7. The molecule has 0 aromatic heterocycles. The highest BCUT2D eigenvalue weighted by Crippen LogP contribution is 2.37. The van der Waals surface area contributed by atoms with E-state index in [1.165, 1.54) is 33.1 Å². The number of halogens is 3. The average Bonchev–Trinajstić information content (AvgIpc) is 2.67. The molecule has 0 bridgehead atoms. The van der Waals surface area contributed by atoms with Crippen molar-refractivity contribution >= 4 is 34.6 Å². The lowest BCUT2D eigenvalue weighted by molar-refractivity contribution is -0.385. The number of carbonyl (C=O) groups is 2. The van der Waals surface area contributed by atoms with Crippen LogP contribution in [0.4, 0.5) is 35.9 Å². The van der Waals surface area contributed by atoms with E-state index in [9.17, 15) is 32.9 Å². The smallest absolute Gasteiger partial charge is 0.418 e. The van der Waals surface area contributed by atoms with Crippen molar-refractivity contribution in [3.8, 4) is 5.75 Å². The Bertz CT molecular complexity index is 1010. The maximum Gasteiger partial charge on any atom is 0.418 e. The summed E-state index contributed by atoms with van der Waals surface area (Å²) < 4.78 is 45.1. The summed E-state index contributed by atoms with van der Waals surface area (Å²) in [6.45, 7) is 2.72. The van der Waals surface area contributed by atoms with Crippen LogP contribution in [0, 0.1) is 10.1 Å². The number of alkyl halides is 3. The second kappa shape index (κ2) is 9.32. The van der Waals surface area contributed by atoms with E-state index in [0.717, 1.165) is 12.1 Å². The molecule has 3 N–H and O–H groups in total. The molecule has 0 radical (unpaired) electrons. The Morgan fingerprint density at radius 2 is 1.77 bits per heavy atom. The lowest BCUT2D eigenvalue weighted by Gasteiger charge is -2.19. The molecule has 0 saturated carbocycles. The van der Waals surface area contributed by atoms with Crippen molar-refractivity contribution < 1.29 is 32.4 Å². The molecule has 2 aromatic rings. The SMILES string of the molecule is COc1ccc(NC(C)=O)cc1NC(C)C(=O)Nc1ccc([N+](=O)[O-])cc1C(F)(F)F. The van der Waals surface area contributed by atoms with Crippen molar-refractivity contribution in [2.24, 2.45) is 0 Å². The summed E-state index contributed by atoms with van der Waals surface area (Å²) in [7, 11) is 1.38. The maximum absolute atomic E-state index is 13.3. The van der Waals surface area contributed by atoms with Crippen LogP contribution < -0.4 is 20.7 Å². The van der Waals surface area contributed by atoms with Gasteiger partial charge in [0.25, 0.3) is 5.69 Å². The van der Waals surface area contributed by atoms with Gasteiger partial charge in [0, 0.05) is 24.7 Å². The van der Waals surface area contributed by atoms with Crippen LogP contribution in [0.5, 0.6) is 5.75 Å². The number of nitrogens with zero attached hydrogens (tertiary/aromatic N) is 1. The number of hydrogen-bond donors (Lipinski definition) is 3. The molecule has 2 rings (SSSR count). The molecule has 31 heavy (non-hydrogen) atoms. The van der Waals surface area contributed by atoms with E-state index in [1.807, 2.05) is 0 Å². The molecule has 166 valence electrons. The number of ether oxygens (including phenoxy) is 1. The molecular weight excluding hydrogens is 421 g/mol. The van der Waals surface area contributed by atoms with Crippen molar-refractivity contribution in [1.82, 2.24) is 0 Å². The van der Waals surface area contributed by atoms with Crippen LogP contribution in [0.2, 0.25) is 0 Å². The Kier molecular flexibility index (Phi) is 7.05. The second-order valence-electron chi connectivity index (χ2n) is 6.44. The van der Waals surface area contributed by atoms with Crippen LogP contribution in [-0.4, -0.2) is 29.9 Å². The molecule has 0 aliphatic carbocycles. The van der Waals surface area contributed by atoms with Crippen molar-refractivity contribution in [3.63, 3.8) is 0 Å². The monoisotopic (exact) mass is 440 g/mol. The van der Waals surface area contributed by atoms with Gasteiger partial charge in [-0.15, -0.1) is 0 Å². The molecule has 0 heterocycles. The summed E-state index contributed by atoms with van der Waals surface area (Å²) in [6.07, 6.45) is -4.92. The highest BCUT2D eigenvalue weighted by Gasteiger charge is 2.36. The fourth-order valence-electron chi connectivity index (χ4n) is 2.63. The third kappa shape index (κ3) is 6.07. The second-order valence-corrected chi connectivity index (χ2v) is 6.44. The quantitative estimate of drug-likeness (QED) is 0.442. The number of carbonyl (C=O) groups excluding carboxylic acids is 2. The topological polar surface area (TPSA) is 123 Å². The Labute approximate surface area is 174 Å². The molecule has 1 atom stereocenters. The summed E-state index contributed by atoms with van der Waals surface area (Å²) in [6, 6.07) is 5.62. The van der Waals surface area contributed by atoms with Crippen molar-refractivity contribution in [1.29, 1.82) is 0 Å². The van der Waals surface area contributed by atoms with Crippen LogP contribution in [0.1, 0.15) is 19.4 Å². The Balaban J connectivity index is 2.25.